The highest BCUT2D eigenvalue weighted by Crippen LogP contribution is 2.25. The molecule has 6 nitrogen and oxygen atoms in total. The molecule has 0 saturated carbocycles. The highest BCUT2D eigenvalue weighted by atomic mass is 16.3. The van der Waals surface area contributed by atoms with Crippen molar-refractivity contribution in [3.8, 4) is 11.5 Å². The van der Waals surface area contributed by atoms with Gasteiger partial charge in [0.1, 0.15) is 11.5 Å². The van der Waals surface area contributed by atoms with Crippen LogP contribution in [0.25, 0.3) is 10.8 Å². The first-order chi connectivity index (χ1) is 12.1. The van der Waals surface area contributed by atoms with Gasteiger partial charge in [0.15, 0.2) is 6.29 Å². The number of carbonyl (C=O) groups excluding carboxylic acids is 2. The molecule has 124 valence electrons. The molecule has 3 aromatic carbocycles. The Kier molecular flexibility index (Phi) is 4.43. The normalized spacial score (nSPS) is 10.9. The van der Waals surface area contributed by atoms with Crippen LogP contribution < -0.4 is 5.43 Å². The average Bonchev–Trinajstić information content (AvgIpc) is 2.63. The van der Waals surface area contributed by atoms with Crippen LogP contribution in [0.2, 0.25) is 0 Å². The Morgan fingerprint density at radius 2 is 1.80 bits per heavy atom. The maximum atomic E-state index is 12.1. The average molecular weight is 334 g/mol. The Morgan fingerprint density at radius 1 is 1.00 bits per heavy atom. The third kappa shape index (κ3) is 3.18. The van der Waals surface area contributed by atoms with Gasteiger partial charge in [-0.1, -0.05) is 36.4 Å². The van der Waals surface area contributed by atoms with Crippen LogP contribution in [0.15, 0.2) is 59.7 Å². The molecular formula is C19H14N2O4. The number of rotatable bonds is 4. The van der Waals surface area contributed by atoms with Crippen molar-refractivity contribution in [1.82, 2.24) is 5.43 Å². The molecule has 0 aliphatic carbocycles. The molecule has 3 rings (SSSR count). The summed E-state index contributed by atoms with van der Waals surface area (Å²) < 4.78 is 0. The summed E-state index contributed by atoms with van der Waals surface area (Å²) in [5.74, 6) is -1.04. The number of para-hydroxylation sites is 1. The number of hydrazone groups is 1. The quantitative estimate of drug-likeness (QED) is 0.388. The lowest BCUT2D eigenvalue weighted by molar-refractivity contribution is 0.0952. The molecule has 0 aromatic heterocycles. The number of phenolic OH excluding ortho intramolecular Hbond substituents is 2. The molecule has 0 aliphatic rings. The molecule has 0 spiro atoms. The first kappa shape index (κ1) is 16.2. The van der Waals surface area contributed by atoms with Crippen LogP contribution >= 0.6 is 0 Å². The summed E-state index contributed by atoms with van der Waals surface area (Å²) in [4.78, 5) is 22.9. The second-order valence-corrected chi connectivity index (χ2v) is 5.28. The van der Waals surface area contributed by atoms with Crippen LogP contribution in [0.3, 0.4) is 0 Å². The van der Waals surface area contributed by atoms with Crippen LogP contribution in [0.4, 0.5) is 0 Å². The van der Waals surface area contributed by atoms with E-state index in [0.717, 1.165) is 10.8 Å². The highest BCUT2D eigenvalue weighted by Gasteiger charge is 2.13. The van der Waals surface area contributed by atoms with Gasteiger partial charge in [-0.15, -0.1) is 0 Å². The molecule has 1 amide bonds. The first-order valence-corrected chi connectivity index (χ1v) is 7.43. The molecule has 0 fully saturated rings. The van der Waals surface area contributed by atoms with Gasteiger partial charge in [0, 0.05) is 5.56 Å². The number of carbonyl (C=O) groups is 2. The van der Waals surface area contributed by atoms with Crippen LogP contribution in [0.1, 0.15) is 26.3 Å². The van der Waals surface area contributed by atoms with E-state index in [0.29, 0.717) is 11.8 Å². The van der Waals surface area contributed by atoms with Gasteiger partial charge in [0.2, 0.25) is 0 Å². The largest absolute Gasteiger partial charge is 0.507 e. The van der Waals surface area contributed by atoms with Crippen molar-refractivity contribution in [3.63, 3.8) is 0 Å². The van der Waals surface area contributed by atoms with Gasteiger partial charge in [0.05, 0.1) is 17.3 Å². The van der Waals surface area contributed by atoms with Crippen LogP contribution in [0.5, 0.6) is 11.5 Å². The van der Waals surface area contributed by atoms with Crippen molar-refractivity contribution in [3.05, 3.63) is 71.3 Å². The fourth-order valence-electron chi connectivity index (χ4n) is 2.48. The zero-order chi connectivity index (χ0) is 17.8. The zero-order valence-electron chi connectivity index (χ0n) is 13.0. The minimum absolute atomic E-state index is 0.0170. The Labute approximate surface area is 143 Å². The van der Waals surface area contributed by atoms with Gasteiger partial charge >= 0.3 is 0 Å². The molecule has 0 aliphatic heterocycles. The third-order valence-corrected chi connectivity index (χ3v) is 3.75. The van der Waals surface area contributed by atoms with Crippen LogP contribution in [-0.4, -0.2) is 28.6 Å². The number of phenols is 2. The SMILES string of the molecule is O=Cc1cccc(C(=O)NN=Cc2c(O)ccc3ccccc23)c1O. The summed E-state index contributed by atoms with van der Waals surface area (Å²) in [5.41, 5.74) is 2.69. The zero-order valence-corrected chi connectivity index (χ0v) is 13.0. The maximum Gasteiger partial charge on any atom is 0.275 e. The summed E-state index contributed by atoms with van der Waals surface area (Å²) in [5, 5.41) is 25.4. The van der Waals surface area contributed by atoms with Crippen molar-refractivity contribution in [1.29, 1.82) is 0 Å². The van der Waals surface area contributed by atoms with Crippen molar-refractivity contribution in [2.75, 3.05) is 0 Å². The molecule has 0 radical (unpaired) electrons. The summed E-state index contributed by atoms with van der Waals surface area (Å²) in [7, 11) is 0. The number of nitrogens with one attached hydrogen (secondary N) is 1. The number of fused-ring (bicyclic) bond motifs is 1. The first-order valence-electron chi connectivity index (χ1n) is 7.43. The van der Waals surface area contributed by atoms with E-state index in [4.69, 9.17) is 0 Å². The predicted molar refractivity (Wildman–Crippen MR) is 94.2 cm³/mol. The monoisotopic (exact) mass is 334 g/mol. The molecule has 0 heterocycles. The fraction of sp³-hybridized carbons (Fsp3) is 0. The minimum atomic E-state index is -0.669. The number of hydrogen-bond donors (Lipinski definition) is 3. The lowest BCUT2D eigenvalue weighted by Crippen LogP contribution is -2.18. The van der Waals surface area contributed by atoms with Gasteiger partial charge < -0.3 is 10.2 Å². The molecule has 6 heteroatoms. The lowest BCUT2D eigenvalue weighted by atomic mass is 10.0. The van der Waals surface area contributed by atoms with E-state index < -0.39 is 11.7 Å². The number of nitrogens with zero attached hydrogens (tertiary/aromatic N) is 1. The van der Waals surface area contributed by atoms with Crippen molar-refractivity contribution in [2.24, 2.45) is 5.10 Å². The third-order valence-electron chi connectivity index (χ3n) is 3.75. The fourth-order valence-corrected chi connectivity index (χ4v) is 2.48. The Morgan fingerprint density at radius 3 is 2.60 bits per heavy atom. The number of amides is 1. The van der Waals surface area contributed by atoms with Crippen molar-refractivity contribution >= 4 is 29.2 Å². The van der Waals surface area contributed by atoms with Gasteiger partial charge in [-0.25, -0.2) is 5.43 Å². The van der Waals surface area contributed by atoms with E-state index in [1.165, 1.54) is 24.4 Å². The molecule has 0 unspecified atom stereocenters. The summed E-state index contributed by atoms with van der Waals surface area (Å²) >= 11 is 0. The van der Waals surface area contributed by atoms with Gasteiger partial charge in [-0.05, 0) is 29.0 Å². The van der Waals surface area contributed by atoms with Crippen LogP contribution in [-0.2, 0) is 0 Å². The number of aromatic hydroxyl groups is 2. The summed E-state index contributed by atoms with van der Waals surface area (Å²) in [6, 6.07) is 15.0. The van der Waals surface area contributed by atoms with Crippen LogP contribution in [0, 0.1) is 0 Å². The molecular weight excluding hydrogens is 320 g/mol. The summed E-state index contributed by atoms with van der Waals surface area (Å²) in [6.45, 7) is 0. The molecule has 0 atom stereocenters. The highest BCUT2D eigenvalue weighted by molar-refractivity contribution is 6.03. The van der Waals surface area contributed by atoms with Gasteiger partial charge in [0.25, 0.3) is 5.91 Å². The van der Waals surface area contributed by atoms with E-state index in [1.807, 2.05) is 24.3 Å². The molecule has 3 N–H and O–H groups in total. The maximum absolute atomic E-state index is 12.1. The topological polar surface area (TPSA) is 99.0 Å². The second-order valence-electron chi connectivity index (χ2n) is 5.28. The smallest absolute Gasteiger partial charge is 0.275 e. The molecule has 0 saturated heterocycles. The Bertz CT molecular complexity index is 996. The standard InChI is InChI=1S/C19H14N2O4/c22-11-13-5-3-7-15(18(13)24)19(25)21-20-10-16-14-6-2-1-4-12(14)8-9-17(16)23/h1-11,23-24H,(H,21,25). The minimum Gasteiger partial charge on any atom is -0.507 e. The van der Waals surface area contributed by atoms with E-state index in [-0.39, 0.29) is 16.9 Å². The lowest BCUT2D eigenvalue weighted by Gasteiger charge is -2.06. The second kappa shape index (κ2) is 6.84. The Balaban J connectivity index is 1.86. The van der Waals surface area contributed by atoms with E-state index in [9.17, 15) is 19.8 Å². The summed E-state index contributed by atoms with van der Waals surface area (Å²) in [6.07, 6.45) is 1.79. The van der Waals surface area contributed by atoms with E-state index >= 15 is 0 Å². The number of aldehydes is 1. The number of hydrogen-bond acceptors (Lipinski definition) is 5. The van der Waals surface area contributed by atoms with E-state index in [1.54, 1.807) is 12.1 Å². The van der Waals surface area contributed by atoms with E-state index in [2.05, 4.69) is 10.5 Å². The molecule has 25 heavy (non-hydrogen) atoms. The number of benzene rings is 3. The van der Waals surface area contributed by atoms with Crippen molar-refractivity contribution in [2.45, 2.75) is 0 Å². The molecule has 0 bridgehead atoms. The molecule has 3 aromatic rings. The van der Waals surface area contributed by atoms with Crippen molar-refractivity contribution < 1.29 is 19.8 Å². The Hall–Kier alpha value is -3.67. The van der Waals surface area contributed by atoms with Gasteiger partial charge in [-0.3, -0.25) is 9.59 Å². The van der Waals surface area contributed by atoms with Gasteiger partial charge in [-0.2, -0.15) is 5.10 Å². The predicted octanol–water partition coefficient (Wildman–Crippen LogP) is 2.83.